The van der Waals surface area contributed by atoms with Crippen LogP contribution in [0.3, 0.4) is 0 Å². The lowest BCUT2D eigenvalue weighted by Crippen LogP contribution is -2.06. The summed E-state index contributed by atoms with van der Waals surface area (Å²) in [5.41, 5.74) is 2.48. The summed E-state index contributed by atoms with van der Waals surface area (Å²) in [7, 11) is 3.10. The standard InChI is InChI=1S/C25H20Cl2N2O5/c1-4-34-25(31)17-11-21(24(30)16-7-6-15(26)10-18(16)27)29-13-28-19(12-20(17)29)14-5-8-22(32-2)23(9-14)33-3/h5-13H,4H2,1-3H3. The van der Waals surface area contributed by atoms with Crippen LogP contribution < -0.4 is 9.47 Å². The first-order chi connectivity index (χ1) is 16.4. The summed E-state index contributed by atoms with van der Waals surface area (Å²) in [5.74, 6) is 0.185. The first-order valence-electron chi connectivity index (χ1n) is 10.3. The van der Waals surface area contributed by atoms with Gasteiger partial charge < -0.3 is 14.2 Å². The molecule has 174 valence electrons. The molecule has 0 N–H and O–H groups in total. The lowest BCUT2D eigenvalue weighted by molar-refractivity contribution is 0.0529. The molecule has 0 radical (unpaired) electrons. The third-order valence-electron chi connectivity index (χ3n) is 5.24. The molecule has 0 unspecified atom stereocenters. The average Bonchev–Trinajstić information content (AvgIpc) is 3.22. The second-order valence-corrected chi connectivity index (χ2v) is 8.06. The molecule has 9 heteroatoms. The highest BCUT2D eigenvalue weighted by atomic mass is 35.5. The van der Waals surface area contributed by atoms with E-state index in [4.69, 9.17) is 37.4 Å². The van der Waals surface area contributed by atoms with Crippen molar-refractivity contribution in [1.29, 1.82) is 0 Å². The minimum absolute atomic E-state index is 0.191. The zero-order valence-corrected chi connectivity index (χ0v) is 20.1. The molecule has 2 aromatic heterocycles. The van der Waals surface area contributed by atoms with Crippen LogP contribution in [-0.4, -0.2) is 42.0 Å². The van der Waals surface area contributed by atoms with E-state index in [0.717, 1.165) is 5.56 Å². The van der Waals surface area contributed by atoms with Crippen LogP contribution in [-0.2, 0) is 4.74 Å². The number of nitrogens with zero attached hydrogens (tertiary/aromatic N) is 2. The van der Waals surface area contributed by atoms with E-state index in [-0.39, 0.29) is 34.2 Å². The maximum absolute atomic E-state index is 13.3. The minimum atomic E-state index is -0.550. The maximum Gasteiger partial charge on any atom is 0.340 e. The summed E-state index contributed by atoms with van der Waals surface area (Å²) in [6.07, 6.45) is 1.49. The summed E-state index contributed by atoms with van der Waals surface area (Å²) >= 11 is 12.2. The number of carbonyl (C=O) groups is 2. The summed E-state index contributed by atoms with van der Waals surface area (Å²) in [4.78, 5) is 30.6. The van der Waals surface area contributed by atoms with Crippen LogP contribution in [0.25, 0.3) is 16.8 Å². The number of ketones is 1. The van der Waals surface area contributed by atoms with Crippen molar-refractivity contribution in [3.8, 4) is 22.8 Å². The molecule has 2 aromatic carbocycles. The number of aromatic nitrogens is 2. The summed E-state index contributed by atoms with van der Waals surface area (Å²) in [6.45, 7) is 1.91. The van der Waals surface area contributed by atoms with E-state index < -0.39 is 5.97 Å². The van der Waals surface area contributed by atoms with Gasteiger partial charge >= 0.3 is 5.97 Å². The Morgan fingerprint density at radius 1 is 0.941 bits per heavy atom. The van der Waals surface area contributed by atoms with Gasteiger partial charge in [0.25, 0.3) is 0 Å². The van der Waals surface area contributed by atoms with Crippen molar-refractivity contribution in [3.05, 3.63) is 81.7 Å². The number of hydrogen-bond donors (Lipinski definition) is 0. The third-order valence-corrected chi connectivity index (χ3v) is 5.79. The van der Waals surface area contributed by atoms with Gasteiger partial charge in [0, 0.05) is 16.1 Å². The average molecular weight is 499 g/mol. The fraction of sp³-hybridized carbons (Fsp3) is 0.160. The van der Waals surface area contributed by atoms with Crippen molar-refractivity contribution in [2.45, 2.75) is 6.92 Å². The first-order valence-corrected chi connectivity index (χ1v) is 11.0. The van der Waals surface area contributed by atoms with E-state index in [0.29, 0.717) is 27.7 Å². The van der Waals surface area contributed by atoms with Crippen molar-refractivity contribution in [2.75, 3.05) is 20.8 Å². The van der Waals surface area contributed by atoms with Crippen molar-refractivity contribution in [3.63, 3.8) is 0 Å². The SMILES string of the molecule is CCOC(=O)c1cc(C(=O)c2ccc(Cl)cc2Cl)n2cnc(-c3ccc(OC)c(OC)c3)cc12. The van der Waals surface area contributed by atoms with Gasteiger partial charge in [0.1, 0.15) is 6.33 Å². The molecule has 0 aliphatic rings. The number of ether oxygens (including phenoxy) is 3. The largest absolute Gasteiger partial charge is 0.493 e. The molecule has 0 spiro atoms. The molecular formula is C25H20Cl2N2O5. The highest BCUT2D eigenvalue weighted by Crippen LogP contribution is 2.33. The molecule has 0 fully saturated rings. The predicted molar refractivity (Wildman–Crippen MR) is 130 cm³/mol. The number of rotatable bonds is 7. The Morgan fingerprint density at radius 2 is 1.71 bits per heavy atom. The van der Waals surface area contributed by atoms with E-state index in [1.165, 1.54) is 18.5 Å². The van der Waals surface area contributed by atoms with Gasteiger partial charge in [0.05, 0.1) is 48.3 Å². The Bertz CT molecular complexity index is 1410. The van der Waals surface area contributed by atoms with Gasteiger partial charge in [0.15, 0.2) is 11.5 Å². The fourth-order valence-corrected chi connectivity index (χ4v) is 4.10. The summed E-state index contributed by atoms with van der Waals surface area (Å²) < 4.78 is 17.4. The molecule has 4 rings (SSSR count). The highest BCUT2D eigenvalue weighted by Gasteiger charge is 2.24. The molecule has 7 nitrogen and oxygen atoms in total. The van der Waals surface area contributed by atoms with Crippen molar-refractivity contribution >= 4 is 40.5 Å². The van der Waals surface area contributed by atoms with Crippen LogP contribution in [0.2, 0.25) is 10.0 Å². The van der Waals surface area contributed by atoms with Gasteiger partial charge in [-0.2, -0.15) is 0 Å². The van der Waals surface area contributed by atoms with E-state index in [2.05, 4.69) is 4.98 Å². The number of esters is 1. The molecule has 0 saturated carbocycles. The minimum Gasteiger partial charge on any atom is -0.493 e. The van der Waals surface area contributed by atoms with Crippen LogP contribution >= 0.6 is 23.2 Å². The second kappa shape index (κ2) is 9.75. The highest BCUT2D eigenvalue weighted by molar-refractivity contribution is 6.37. The van der Waals surface area contributed by atoms with Gasteiger partial charge in [-0.25, -0.2) is 9.78 Å². The lowest BCUT2D eigenvalue weighted by atomic mass is 10.1. The first kappa shape index (κ1) is 23.6. The maximum atomic E-state index is 13.3. The van der Waals surface area contributed by atoms with Gasteiger partial charge in [-0.15, -0.1) is 0 Å². The van der Waals surface area contributed by atoms with Gasteiger partial charge in [-0.3, -0.25) is 9.20 Å². The number of hydrogen-bond acceptors (Lipinski definition) is 6. The molecule has 2 heterocycles. The monoisotopic (exact) mass is 498 g/mol. The number of methoxy groups -OCH3 is 2. The Morgan fingerprint density at radius 3 is 2.38 bits per heavy atom. The normalized spacial score (nSPS) is 10.9. The van der Waals surface area contributed by atoms with Crippen LogP contribution in [0.5, 0.6) is 11.5 Å². The van der Waals surface area contributed by atoms with Gasteiger partial charge in [-0.1, -0.05) is 23.2 Å². The third kappa shape index (κ3) is 4.32. The number of benzene rings is 2. The van der Waals surface area contributed by atoms with Gasteiger partial charge in [0.2, 0.25) is 5.78 Å². The predicted octanol–water partition coefficient (Wildman–Crippen LogP) is 5.73. The zero-order chi connectivity index (χ0) is 24.4. The second-order valence-electron chi connectivity index (χ2n) is 7.22. The quantitative estimate of drug-likeness (QED) is 0.239. The van der Waals surface area contributed by atoms with Crippen molar-refractivity contribution in [2.24, 2.45) is 0 Å². The van der Waals surface area contributed by atoms with Crippen LogP contribution in [0, 0.1) is 0 Å². The topological polar surface area (TPSA) is 79.1 Å². The van der Waals surface area contributed by atoms with Crippen LogP contribution in [0.15, 0.2) is 54.9 Å². The molecule has 0 aliphatic carbocycles. The van der Waals surface area contributed by atoms with E-state index in [1.54, 1.807) is 55.9 Å². The molecule has 0 aliphatic heterocycles. The van der Waals surface area contributed by atoms with Gasteiger partial charge in [-0.05, 0) is 55.5 Å². The Kier molecular flexibility index (Phi) is 6.77. The van der Waals surface area contributed by atoms with E-state index >= 15 is 0 Å². The molecule has 0 bridgehead atoms. The van der Waals surface area contributed by atoms with Crippen LogP contribution in [0.1, 0.15) is 33.3 Å². The Hall–Kier alpha value is -3.55. The molecule has 0 atom stereocenters. The fourth-order valence-electron chi connectivity index (χ4n) is 3.61. The lowest BCUT2D eigenvalue weighted by Gasteiger charge is -2.10. The Balaban J connectivity index is 1.88. The molecule has 4 aromatic rings. The molecule has 0 amide bonds. The molecule has 0 saturated heterocycles. The van der Waals surface area contributed by atoms with Crippen LogP contribution in [0.4, 0.5) is 0 Å². The van der Waals surface area contributed by atoms with Crippen molar-refractivity contribution in [1.82, 2.24) is 9.38 Å². The molecule has 34 heavy (non-hydrogen) atoms. The smallest absolute Gasteiger partial charge is 0.340 e. The number of halogens is 2. The number of carbonyl (C=O) groups excluding carboxylic acids is 2. The number of fused-ring (bicyclic) bond motifs is 1. The Labute approximate surface area is 205 Å². The van der Waals surface area contributed by atoms with Crippen molar-refractivity contribution < 1.29 is 23.8 Å². The van der Waals surface area contributed by atoms with E-state index in [9.17, 15) is 9.59 Å². The summed E-state index contributed by atoms with van der Waals surface area (Å²) in [6, 6.07) is 13.2. The zero-order valence-electron chi connectivity index (χ0n) is 18.6. The molecular weight excluding hydrogens is 479 g/mol. The van der Waals surface area contributed by atoms with E-state index in [1.807, 2.05) is 6.07 Å². The summed E-state index contributed by atoms with van der Waals surface area (Å²) in [5, 5.41) is 0.620.